The van der Waals surface area contributed by atoms with E-state index >= 15 is 0 Å². The van der Waals surface area contributed by atoms with E-state index in [1.54, 1.807) is 0 Å². The summed E-state index contributed by atoms with van der Waals surface area (Å²) in [6.45, 7) is 0.837. The SMILES string of the molecule is CN(C)Cc1ccc(NC(=O)c2cc(F)ccc2Br)cc1. The maximum absolute atomic E-state index is 13.2. The quantitative estimate of drug-likeness (QED) is 0.906. The Bertz CT molecular complexity index is 641. The Kier molecular flexibility index (Phi) is 5.09. The normalized spacial score (nSPS) is 10.7. The number of rotatable bonds is 4. The Morgan fingerprint density at radius 1 is 1.19 bits per heavy atom. The maximum atomic E-state index is 13.2. The summed E-state index contributed by atoms with van der Waals surface area (Å²) in [6, 6.07) is 11.6. The van der Waals surface area contributed by atoms with Crippen LogP contribution in [0.1, 0.15) is 15.9 Å². The Morgan fingerprint density at radius 3 is 2.48 bits per heavy atom. The number of carbonyl (C=O) groups is 1. The van der Waals surface area contributed by atoms with Gasteiger partial charge in [0, 0.05) is 16.7 Å². The van der Waals surface area contributed by atoms with Crippen molar-refractivity contribution >= 4 is 27.5 Å². The molecule has 0 fully saturated rings. The fourth-order valence-electron chi connectivity index (χ4n) is 1.93. The van der Waals surface area contributed by atoms with E-state index in [0.29, 0.717) is 10.2 Å². The first kappa shape index (κ1) is 15.7. The minimum atomic E-state index is -0.440. The van der Waals surface area contributed by atoms with Gasteiger partial charge >= 0.3 is 0 Å². The van der Waals surface area contributed by atoms with Crippen molar-refractivity contribution in [3.05, 3.63) is 63.9 Å². The molecule has 0 aliphatic heterocycles. The highest BCUT2D eigenvalue weighted by molar-refractivity contribution is 9.10. The van der Waals surface area contributed by atoms with Crippen molar-refractivity contribution < 1.29 is 9.18 Å². The first-order chi connectivity index (χ1) is 9.95. The van der Waals surface area contributed by atoms with Crippen LogP contribution in [0.3, 0.4) is 0 Å². The summed E-state index contributed by atoms with van der Waals surface area (Å²) in [6.07, 6.45) is 0. The van der Waals surface area contributed by atoms with Crippen molar-refractivity contribution in [2.45, 2.75) is 6.54 Å². The summed E-state index contributed by atoms with van der Waals surface area (Å²) >= 11 is 3.25. The van der Waals surface area contributed by atoms with Crippen LogP contribution in [-0.4, -0.2) is 24.9 Å². The second-order valence-corrected chi connectivity index (χ2v) is 5.87. The van der Waals surface area contributed by atoms with Gasteiger partial charge in [0.15, 0.2) is 0 Å². The van der Waals surface area contributed by atoms with Crippen LogP contribution in [0.25, 0.3) is 0 Å². The van der Waals surface area contributed by atoms with Gasteiger partial charge in [-0.3, -0.25) is 4.79 Å². The molecule has 2 rings (SSSR count). The highest BCUT2D eigenvalue weighted by Crippen LogP contribution is 2.20. The van der Waals surface area contributed by atoms with Crippen LogP contribution in [-0.2, 0) is 6.54 Å². The number of hydrogen-bond donors (Lipinski definition) is 1. The molecule has 0 aliphatic carbocycles. The number of amides is 1. The molecule has 1 amide bonds. The number of hydrogen-bond acceptors (Lipinski definition) is 2. The van der Waals surface area contributed by atoms with E-state index in [1.807, 2.05) is 38.4 Å². The van der Waals surface area contributed by atoms with E-state index in [-0.39, 0.29) is 11.5 Å². The third kappa shape index (κ3) is 4.37. The van der Waals surface area contributed by atoms with Gasteiger partial charge in [-0.25, -0.2) is 4.39 Å². The number of halogens is 2. The van der Waals surface area contributed by atoms with E-state index in [4.69, 9.17) is 0 Å². The fraction of sp³-hybridized carbons (Fsp3) is 0.188. The Morgan fingerprint density at radius 2 is 1.86 bits per heavy atom. The van der Waals surface area contributed by atoms with E-state index in [1.165, 1.54) is 18.2 Å². The van der Waals surface area contributed by atoms with Crippen molar-refractivity contribution in [3.63, 3.8) is 0 Å². The van der Waals surface area contributed by atoms with Gasteiger partial charge in [-0.05, 0) is 65.9 Å². The van der Waals surface area contributed by atoms with Gasteiger partial charge in [0.2, 0.25) is 0 Å². The molecule has 0 bridgehead atoms. The fourth-order valence-corrected chi connectivity index (χ4v) is 2.36. The lowest BCUT2D eigenvalue weighted by Crippen LogP contribution is -2.13. The van der Waals surface area contributed by atoms with Gasteiger partial charge in [-0.15, -0.1) is 0 Å². The summed E-state index contributed by atoms with van der Waals surface area (Å²) in [5.74, 6) is -0.786. The van der Waals surface area contributed by atoms with E-state index in [0.717, 1.165) is 12.1 Å². The molecule has 3 nitrogen and oxygen atoms in total. The molecule has 0 radical (unpaired) electrons. The number of anilines is 1. The summed E-state index contributed by atoms with van der Waals surface area (Å²) in [4.78, 5) is 14.2. The zero-order valence-electron chi connectivity index (χ0n) is 11.9. The average Bonchev–Trinajstić information content (AvgIpc) is 2.43. The molecule has 0 aliphatic rings. The molecule has 0 aromatic heterocycles. The number of nitrogens with zero attached hydrogens (tertiary/aromatic N) is 1. The smallest absolute Gasteiger partial charge is 0.256 e. The van der Waals surface area contributed by atoms with E-state index < -0.39 is 5.82 Å². The zero-order chi connectivity index (χ0) is 15.4. The zero-order valence-corrected chi connectivity index (χ0v) is 13.4. The summed E-state index contributed by atoms with van der Waals surface area (Å²) in [5.41, 5.74) is 2.11. The van der Waals surface area contributed by atoms with Gasteiger partial charge in [0.1, 0.15) is 5.82 Å². The summed E-state index contributed by atoms with van der Waals surface area (Å²) < 4.78 is 13.8. The molecule has 0 unspecified atom stereocenters. The van der Waals surface area contributed by atoms with Gasteiger partial charge in [0.25, 0.3) is 5.91 Å². The average molecular weight is 351 g/mol. The van der Waals surface area contributed by atoms with E-state index in [2.05, 4.69) is 26.1 Å². The minimum Gasteiger partial charge on any atom is -0.322 e. The van der Waals surface area contributed by atoms with Crippen molar-refractivity contribution in [3.8, 4) is 0 Å². The van der Waals surface area contributed by atoms with Crippen molar-refractivity contribution in [2.75, 3.05) is 19.4 Å². The van der Waals surface area contributed by atoms with Crippen LogP contribution in [0.5, 0.6) is 0 Å². The van der Waals surface area contributed by atoms with Gasteiger partial charge in [-0.1, -0.05) is 12.1 Å². The summed E-state index contributed by atoms with van der Waals surface area (Å²) in [7, 11) is 3.99. The highest BCUT2D eigenvalue weighted by atomic mass is 79.9. The van der Waals surface area contributed by atoms with Crippen LogP contribution in [0.15, 0.2) is 46.9 Å². The molecule has 0 heterocycles. The molecule has 2 aromatic rings. The lowest BCUT2D eigenvalue weighted by Gasteiger charge is -2.11. The number of nitrogens with one attached hydrogen (secondary N) is 1. The van der Waals surface area contributed by atoms with Crippen LogP contribution in [0.4, 0.5) is 10.1 Å². The number of carbonyl (C=O) groups excluding carboxylic acids is 1. The molecular formula is C16H16BrFN2O. The first-order valence-electron chi connectivity index (χ1n) is 6.46. The molecule has 1 N–H and O–H groups in total. The second kappa shape index (κ2) is 6.83. The monoisotopic (exact) mass is 350 g/mol. The first-order valence-corrected chi connectivity index (χ1v) is 7.25. The molecule has 5 heteroatoms. The highest BCUT2D eigenvalue weighted by Gasteiger charge is 2.11. The van der Waals surface area contributed by atoms with Crippen molar-refractivity contribution in [2.24, 2.45) is 0 Å². The second-order valence-electron chi connectivity index (χ2n) is 5.01. The van der Waals surface area contributed by atoms with Crippen LogP contribution in [0, 0.1) is 5.82 Å². The van der Waals surface area contributed by atoms with Crippen LogP contribution < -0.4 is 5.32 Å². The molecule has 2 aromatic carbocycles. The minimum absolute atomic E-state index is 0.271. The Labute approximate surface area is 131 Å². The van der Waals surface area contributed by atoms with E-state index in [9.17, 15) is 9.18 Å². The molecule has 0 atom stereocenters. The standard InChI is InChI=1S/C16H16BrFN2O/c1-20(2)10-11-3-6-13(7-4-11)19-16(21)14-9-12(18)5-8-15(14)17/h3-9H,10H2,1-2H3,(H,19,21). The van der Waals surface area contributed by atoms with Gasteiger partial charge < -0.3 is 10.2 Å². The summed E-state index contributed by atoms with van der Waals surface area (Å²) in [5, 5.41) is 2.76. The molecule has 0 saturated carbocycles. The van der Waals surface area contributed by atoms with Crippen molar-refractivity contribution in [1.82, 2.24) is 4.90 Å². The van der Waals surface area contributed by atoms with Crippen molar-refractivity contribution in [1.29, 1.82) is 0 Å². The number of benzene rings is 2. The largest absolute Gasteiger partial charge is 0.322 e. The van der Waals surface area contributed by atoms with Crippen LogP contribution >= 0.6 is 15.9 Å². The molecule has 110 valence electrons. The lowest BCUT2D eigenvalue weighted by atomic mass is 10.1. The van der Waals surface area contributed by atoms with Crippen LogP contribution in [0.2, 0.25) is 0 Å². The van der Waals surface area contributed by atoms with Gasteiger partial charge in [-0.2, -0.15) is 0 Å². The van der Waals surface area contributed by atoms with Gasteiger partial charge in [0.05, 0.1) is 5.56 Å². The Hall–Kier alpha value is -1.72. The Balaban J connectivity index is 2.10. The molecule has 0 saturated heterocycles. The maximum Gasteiger partial charge on any atom is 0.256 e. The topological polar surface area (TPSA) is 32.3 Å². The molecular weight excluding hydrogens is 335 g/mol. The molecule has 21 heavy (non-hydrogen) atoms. The third-order valence-electron chi connectivity index (χ3n) is 2.88. The predicted octanol–water partition coefficient (Wildman–Crippen LogP) is 3.90. The molecule has 0 spiro atoms. The third-order valence-corrected chi connectivity index (χ3v) is 3.58. The lowest BCUT2D eigenvalue weighted by molar-refractivity contribution is 0.102. The predicted molar refractivity (Wildman–Crippen MR) is 85.9 cm³/mol.